The molecule has 2 fully saturated rings. The lowest BCUT2D eigenvalue weighted by Gasteiger charge is -2.40. The summed E-state index contributed by atoms with van der Waals surface area (Å²) >= 11 is 24.7. The fraction of sp³-hybridized carbons (Fsp3) is 0.345. The summed E-state index contributed by atoms with van der Waals surface area (Å²) in [5.74, 6) is -0.398. The Kier molecular flexibility index (Phi) is 14.3. The highest BCUT2D eigenvalue weighted by Gasteiger charge is 2.57. The van der Waals surface area contributed by atoms with E-state index in [-0.39, 0.29) is 48.9 Å². The van der Waals surface area contributed by atoms with E-state index in [1.165, 1.54) is 0 Å². The van der Waals surface area contributed by atoms with Crippen molar-refractivity contribution in [2.45, 2.75) is 89.1 Å². The molecule has 0 saturated heterocycles. The second-order valence-corrected chi connectivity index (χ2v) is 22.6. The third kappa shape index (κ3) is 10.1. The fourth-order valence-corrected chi connectivity index (χ4v) is 10.1. The van der Waals surface area contributed by atoms with Crippen LogP contribution in [0.4, 0.5) is 0 Å². The van der Waals surface area contributed by atoms with E-state index in [4.69, 9.17) is 55.9 Å². The van der Waals surface area contributed by atoms with Gasteiger partial charge in [-0.3, -0.25) is 19.4 Å². The van der Waals surface area contributed by atoms with Gasteiger partial charge in [0.15, 0.2) is 11.4 Å². The van der Waals surface area contributed by atoms with E-state index in [2.05, 4.69) is 0 Å². The minimum atomic E-state index is -1.24. The van der Waals surface area contributed by atoms with Crippen LogP contribution < -0.4 is 0 Å². The molecule has 1 unspecified atom stereocenters. The van der Waals surface area contributed by atoms with E-state index in [0.717, 1.165) is 47.9 Å². The minimum Gasteiger partial charge on any atom is -0.396 e. The molecule has 6 aromatic rings. The lowest BCUT2D eigenvalue weighted by Crippen LogP contribution is -2.47. The van der Waals surface area contributed by atoms with E-state index < -0.39 is 22.7 Å². The zero-order valence-electron chi connectivity index (χ0n) is 40.6. The molecule has 10 rings (SSSR count). The largest absolute Gasteiger partial charge is 0.396 e. The Hall–Kier alpha value is -4.82. The van der Waals surface area contributed by atoms with Gasteiger partial charge in [-0.05, 0) is 136 Å². The Bertz CT molecular complexity index is 2760. The van der Waals surface area contributed by atoms with Crippen LogP contribution in [0.5, 0.6) is 0 Å². The van der Waals surface area contributed by atoms with Crippen molar-refractivity contribution < 1.29 is 39.5 Å². The summed E-state index contributed by atoms with van der Waals surface area (Å²) in [4.78, 5) is 31.6. The standard InChI is InChI=1S/2C29H29Cl2NO4/c2*1-27(2,35)21-7-12-25-24(15-21)26(34)32(16-19-3-8-22(30)9-4-19)29(25,20-5-10-23(31)11-6-20)36-18-28(17-33)13-14-28/h2*3-12,15,33,35H,13-14,16-18H2,1-2H3/t29-;/m1./s1. The van der Waals surface area contributed by atoms with E-state index in [1.54, 1.807) is 98.2 Å². The number of carbonyl (C=O) groups excluding carboxylic acids is 2. The Balaban J connectivity index is 0.000000178. The van der Waals surface area contributed by atoms with Crippen molar-refractivity contribution in [3.63, 3.8) is 0 Å². The first kappa shape index (κ1) is 52.1. The maximum absolute atomic E-state index is 14.1. The second-order valence-electron chi connectivity index (χ2n) is 20.9. The molecule has 0 radical (unpaired) electrons. The molecule has 14 heteroatoms. The van der Waals surface area contributed by atoms with Crippen LogP contribution in [0.1, 0.15) is 119 Å². The quantitative estimate of drug-likeness (QED) is 0.0751. The number of carbonyl (C=O) groups is 2. The van der Waals surface area contributed by atoms with Crippen LogP contribution in [-0.4, -0.2) is 68.5 Å². The summed E-state index contributed by atoms with van der Waals surface area (Å²) in [6, 6.07) is 40.3. The van der Waals surface area contributed by atoms with Gasteiger partial charge in [0.1, 0.15) is 0 Å². The van der Waals surface area contributed by atoms with Crippen molar-refractivity contribution in [2.75, 3.05) is 26.4 Å². The molecule has 2 saturated carbocycles. The van der Waals surface area contributed by atoms with Gasteiger partial charge in [-0.15, -0.1) is 0 Å². The van der Waals surface area contributed by atoms with Crippen LogP contribution in [0.15, 0.2) is 133 Å². The second kappa shape index (κ2) is 19.8. The van der Waals surface area contributed by atoms with E-state index in [0.29, 0.717) is 66.7 Å². The van der Waals surface area contributed by atoms with Gasteiger partial charge in [-0.1, -0.05) is 119 Å². The number of amides is 2. The molecule has 72 heavy (non-hydrogen) atoms. The number of hydrogen-bond donors (Lipinski definition) is 4. The first-order chi connectivity index (χ1) is 34.2. The molecule has 0 aromatic heterocycles. The zero-order valence-corrected chi connectivity index (χ0v) is 43.6. The van der Waals surface area contributed by atoms with Crippen LogP contribution in [0, 0.1) is 10.8 Å². The molecule has 376 valence electrons. The summed E-state index contributed by atoms with van der Waals surface area (Å²) < 4.78 is 13.6. The highest BCUT2D eigenvalue weighted by Crippen LogP contribution is 2.54. The average molecular weight is 1050 g/mol. The number of fused-ring (bicyclic) bond motifs is 2. The molecule has 2 amide bonds. The minimum absolute atomic E-state index is 0.0271. The van der Waals surface area contributed by atoms with Gasteiger partial charge in [-0.25, -0.2) is 0 Å². The predicted octanol–water partition coefficient (Wildman–Crippen LogP) is 11.7. The molecule has 2 heterocycles. The average Bonchev–Trinajstić information content (AvgIpc) is 4.30. The Morgan fingerprint density at radius 2 is 0.792 bits per heavy atom. The predicted molar refractivity (Wildman–Crippen MR) is 280 cm³/mol. The summed E-state index contributed by atoms with van der Waals surface area (Å²) in [5.41, 5.74) is 1.65. The first-order valence-electron chi connectivity index (χ1n) is 24.1. The van der Waals surface area contributed by atoms with Crippen LogP contribution in [0.2, 0.25) is 20.1 Å². The lowest BCUT2D eigenvalue weighted by molar-refractivity contribution is -0.129. The Morgan fingerprint density at radius 3 is 1.07 bits per heavy atom. The van der Waals surface area contributed by atoms with Crippen LogP contribution >= 0.6 is 46.4 Å². The summed E-state index contributed by atoms with van der Waals surface area (Å²) in [5, 5.41) is 43.7. The molecule has 2 aliphatic carbocycles. The number of hydrogen-bond acceptors (Lipinski definition) is 8. The molecular formula is C58H58Cl4N2O8. The van der Waals surface area contributed by atoms with Gasteiger partial charge in [0.2, 0.25) is 0 Å². The molecule has 4 aliphatic rings. The highest BCUT2D eigenvalue weighted by atomic mass is 35.5. The molecule has 2 atom stereocenters. The smallest absolute Gasteiger partial charge is 0.257 e. The molecule has 4 N–H and O–H groups in total. The number of rotatable bonds is 16. The molecule has 2 aliphatic heterocycles. The SMILES string of the molecule is CC(C)(O)c1ccc2c(c1)C(=O)N(Cc1ccc(Cl)cc1)C2(OCC1(CO)CC1)c1ccc(Cl)cc1.CC(C)(O)c1ccc2c(c1)C(=O)N(Cc1ccc(Cl)cc1)[C@@]2(OCC1(CO)CC1)c1ccc(Cl)cc1. The number of nitrogens with zero attached hydrogens (tertiary/aromatic N) is 2. The fourth-order valence-electron chi connectivity index (χ4n) is 9.59. The third-order valence-corrected chi connectivity index (χ3v) is 15.6. The monoisotopic (exact) mass is 1050 g/mol. The topological polar surface area (TPSA) is 140 Å². The van der Waals surface area contributed by atoms with Gasteiger partial charge in [-0.2, -0.15) is 0 Å². The zero-order chi connectivity index (χ0) is 51.4. The van der Waals surface area contributed by atoms with Crippen molar-refractivity contribution in [2.24, 2.45) is 10.8 Å². The van der Waals surface area contributed by atoms with Crippen molar-refractivity contribution >= 4 is 58.2 Å². The van der Waals surface area contributed by atoms with Crippen molar-refractivity contribution in [1.29, 1.82) is 0 Å². The first-order valence-corrected chi connectivity index (χ1v) is 25.6. The lowest BCUT2D eigenvalue weighted by atomic mass is 9.89. The molecule has 0 spiro atoms. The number of aliphatic hydroxyl groups is 4. The van der Waals surface area contributed by atoms with Gasteiger partial charge >= 0.3 is 0 Å². The van der Waals surface area contributed by atoms with Crippen LogP contribution in [0.25, 0.3) is 0 Å². The van der Waals surface area contributed by atoms with Gasteiger partial charge in [0.05, 0.1) is 37.6 Å². The van der Waals surface area contributed by atoms with Gasteiger partial charge < -0.3 is 29.9 Å². The van der Waals surface area contributed by atoms with Crippen LogP contribution in [-0.2, 0) is 45.2 Å². The summed E-state index contributed by atoms with van der Waals surface area (Å²) in [6.45, 7) is 7.97. The Labute approximate surface area is 440 Å². The normalized spacial score (nSPS) is 20.5. The highest BCUT2D eigenvalue weighted by molar-refractivity contribution is 6.31. The molecule has 10 nitrogen and oxygen atoms in total. The number of benzene rings is 6. The van der Waals surface area contributed by atoms with Crippen LogP contribution in [0.3, 0.4) is 0 Å². The number of ether oxygens (including phenoxy) is 2. The Morgan fingerprint density at radius 1 is 0.486 bits per heavy atom. The summed E-state index contributed by atoms with van der Waals surface area (Å²) in [7, 11) is 0. The van der Waals surface area contributed by atoms with Gasteiger partial charge in [0, 0.05) is 77.4 Å². The van der Waals surface area contributed by atoms with Crippen molar-refractivity contribution in [3.05, 3.63) is 209 Å². The number of halogens is 4. The van der Waals surface area contributed by atoms with Crippen molar-refractivity contribution in [3.8, 4) is 0 Å². The molecular weight excluding hydrogens is 994 g/mol. The van der Waals surface area contributed by atoms with E-state index in [9.17, 15) is 30.0 Å². The van der Waals surface area contributed by atoms with Crippen molar-refractivity contribution in [1.82, 2.24) is 9.80 Å². The van der Waals surface area contributed by atoms with E-state index in [1.807, 2.05) is 72.8 Å². The van der Waals surface area contributed by atoms with E-state index >= 15 is 0 Å². The van der Waals surface area contributed by atoms with Gasteiger partial charge in [0.25, 0.3) is 11.8 Å². The molecule has 0 bridgehead atoms. The maximum Gasteiger partial charge on any atom is 0.257 e. The number of aliphatic hydroxyl groups excluding tert-OH is 2. The summed E-state index contributed by atoms with van der Waals surface area (Å²) in [6.07, 6.45) is 3.48. The maximum atomic E-state index is 14.1. The molecule has 6 aromatic carbocycles. The third-order valence-electron chi connectivity index (χ3n) is 14.6.